The van der Waals surface area contributed by atoms with Gasteiger partial charge in [0.25, 0.3) is 0 Å². The number of aliphatic hydroxyl groups excluding tert-OH is 1. The standard InChI is InChI=1S/C13H22N2O3S/c1-12(2)15(9-5-10-16)19(17,18)11-7-13-6-3-4-8-14-13/h3-4,6,8,12,16H,5,7,9-11H2,1-2H3. The Morgan fingerprint density at radius 1 is 1.37 bits per heavy atom. The average molecular weight is 286 g/mol. The van der Waals surface area contributed by atoms with Crippen LogP contribution in [0.5, 0.6) is 0 Å². The molecule has 0 saturated carbocycles. The molecule has 0 radical (unpaired) electrons. The maximum absolute atomic E-state index is 12.3. The van der Waals surface area contributed by atoms with Crippen molar-refractivity contribution >= 4 is 10.0 Å². The van der Waals surface area contributed by atoms with Gasteiger partial charge < -0.3 is 5.11 Å². The van der Waals surface area contributed by atoms with Gasteiger partial charge in [-0.2, -0.15) is 4.31 Å². The van der Waals surface area contributed by atoms with E-state index in [1.807, 2.05) is 26.0 Å². The number of aliphatic hydroxyl groups is 1. The molecule has 0 bridgehead atoms. The van der Waals surface area contributed by atoms with Gasteiger partial charge in [0.2, 0.25) is 10.0 Å². The molecule has 108 valence electrons. The molecule has 0 fully saturated rings. The van der Waals surface area contributed by atoms with Crippen molar-refractivity contribution in [2.45, 2.75) is 32.7 Å². The Balaban J connectivity index is 2.67. The predicted octanol–water partition coefficient (Wildman–Crippen LogP) is 1.05. The van der Waals surface area contributed by atoms with Gasteiger partial charge in [-0.05, 0) is 32.4 Å². The second kappa shape index (κ2) is 7.57. The summed E-state index contributed by atoms with van der Waals surface area (Å²) < 4.78 is 26.0. The van der Waals surface area contributed by atoms with Gasteiger partial charge in [0.05, 0.1) is 5.75 Å². The van der Waals surface area contributed by atoms with Crippen LogP contribution in [0.1, 0.15) is 26.0 Å². The van der Waals surface area contributed by atoms with Crippen molar-refractivity contribution in [3.05, 3.63) is 30.1 Å². The number of rotatable bonds is 8. The Bertz CT molecular complexity index is 460. The highest BCUT2D eigenvalue weighted by Gasteiger charge is 2.24. The zero-order valence-corrected chi connectivity index (χ0v) is 12.3. The fourth-order valence-electron chi connectivity index (χ4n) is 1.84. The lowest BCUT2D eigenvalue weighted by molar-refractivity contribution is 0.258. The first-order chi connectivity index (χ1) is 8.97. The van der Waals surface area contributed by atoms with Gasteiger partial charge in [0.1, 0.15) is 0 Å². The van der Waals surface area contributed by atoms with Crippen LogP contribution in [0.15, 0.2) is 24.4 Å². The molecule has 1 aromatic rings. The zero-order valence-electron chi connectivity index (χ0n) is 11.5. The van der Waals surface area contributed by atoms with E-state index in [-0.39, 0.29) is 18.4 Å². The average Bonchev–Trinajstić information content (AvgIpc) is 2.37. The van der Waals surface area contributed by atoms with Crippen LogP contribution in [0, 0.1) is 0 Å². The fraction of sp³-hybridized carbons (Fsp3) is 0.615. The zero-order chi connectivity index (χ0) is 14.3. The molecule has 0 aliphatic heterocycles. The minimum absolute atomic E-state index is 0.00101. The summed E-state index contributed by atoms with van der Waals surface area (Å²) in [5.74, 6) is 0.0492. The lowest BCUT2D eigenvalue weighted by atomic mass is 10.3. The van der Waals surface area contributed by atoms with E-state index in [1.165, 1.54) is 4.31 Å². The SMILES string of the molecule is CC(C)N(CCCO)S(=O)(=O)CCc1ccccn1. The van der Waals surface area contributed by atoms with Crippen molar-refractivity contribution in [1.29, 1.82) is 0 Å². The van der Waals surface area contributed by atoms with Crippen LogP contribution in [-0.2, 0) is 16.4 Å². The number of sulfonamides is 1. The van der Waals surface area contributed by atoms with Gasteiger partial charge >= 0.3 is 0 Å². The number of hydrogen-bond acceptors (Lipinski definition) is 4. The molecular weight excluding hydrogens is 264 g/mol. The van der Waals surface area contributed by atoms with E-state index in [0.717, 1.165) is 5.69 Å². The number of nitrogens with zero attached hydrogens (tertiary/aromatic N) is 2. The molecule has 0 amide bonds. The van der Waals surface area contributed by atoms with Crippen LogP contribution in [0.2, 0.25) is 0 Å². The molecule has 0 aromatic carbocycles. The Kier molecular flexibility index (Phi) is 6.41. The molecule has 0 saturated heterocycles. The third kappa shape index (κ3) is 5.26. The van der Waals surface area contributed by atoms with Crippen molar-refractivity contribution in [1.82, 2.24) is 9.29 Å². The molecule has 0 aliphatic carbocycles. The molecule has 19 heavy (non-hydrogen) atoms. The van der Waals surface area contributed by atoms with Crippen LogP contribution in [0.3, 0.4) is 0 Å². The Morgan fingerprint density at radius 3 is 2.63 bits per heavy atom. The molecule has 0 spiro atoms. The maximum atomic E-state index is 12.3. The van der Waals surface area contributed by atoms with E-state index in [0.29, 0.717) is 19.4 Å². The third-order valence-electron chi connectivity index (χ3n) is 2.81. The van der Waals surface area contributed by atoms with Crippen molar-refractivity contribution in [2.75, 3.05) is 18.9 Å². The van der Waals surface area contributed by atoms with E-state index in [4.69, 9.17) is 5.11 Å². The first-order valence-corrected chi connectivity index (χ1v) is 8.08. The van der Waals surface area contributed by atoms with Crippen molar-refractivity contribution < 1.29 is 13.5 Å². The summed E-state index contributed by atoms with van der Waals surface area (Å²) in [5, 5.41) is 8.84. The lowest BCUT2D eigenvalue weighted by Gasteiger charge is -2.25. The molecule has 0 atom stereocenters. The van der Waals surface area contributed by atoms with Crippen LogP contribution in [0.4, 0.5) is 0 Å². The highest BCUT2D eigenvalue weighted by Crippen LogP contribution is 2.10. The molecule has 1 N–H and O–H groups in total. The van der Waals surface area contributed by atoms with E-state index in [9.17, 15) is 8.42 Å². The quantitative estimate of drug-likeness (QED) is 0.775. The summed E-state index contributed by atoms with van der Waals surface area (Å²) in [6, 6.07) is 5.38. The predicted molar refractivity (Wildman–Crippen MR) is 75.3 cm³/mol. The second-order valence-corrected chi connectivity index (χ2v) is 6.71. The Morgan fingerprint density at radius 2 is 2.11 bits per heavy atom. The summed E-state index contributed by atoms with van der Waals surface area (Å²) in [7, 11) is -3.31. The van der Waals surface area contributed by atoms with Gasteiger partial charge in [0.15, 0.2) is 0 Å². The van der Waals surface area contributed by atoms with E-state index in [2.05, 4.69) is 4.98 Å². The minimum atomic E-state index is -3.31. The monoisotopic (exact) mass is 286 g/mol. The summed E-state index contributed by atoms with van der Waals surface area (Å²) >= 11 is 0. The summed E-state index contributed by atoms with van der Waals surface area (Å²) in [4.78, 5) is 4.13. The molecule has 1 rings (SSSR count). The lowest BCUT2D eigenvalue weighted by Crippen LogP contribution is -2.39. The van der Waals surface area contributed by atoms with E-state index < -0.39 is 10.0 Å². The van der Waals surface area contributed by atoms with Gasteiger partial charge in [-0.3, -0.25) is 4.98 Å². The fourth-order valence-corrected chi connectivity index (χ4v) is 3.59. The smallest absolute Gasteiger partial charge is 0.214 e. The van der Waals surface area contributed by atoms with Gasteiger partial charge in [-0.1, -0.05) is 6.07 Å². The first-order valence-electron chi connectivity index (χ1n) is 6.47. The van der Waals surface area contributed by atoms with Gasteiger partial charge in [-0.15, -0.1) is 0 Å². The number of pyridine rings is 1. The van der Waals surface area contributed by atoms with Gasteiger partial charge in [0, 0.05) is 37.5 Å². The topological polar surface area (TPSA) is 70.5 Å². The molecule has 1 aromatic heterocycles. The molecule has 1 heterocycles. The third-order valence-corrected chi connectivity index (χ3v) is 4.85. The van der Waals surface area contributed by atoms with E-state index in [1.54, 1.807) is 12.3 Å². The summed E-state index contributed by atoms with van der Waals surface area (Å²) in [6.45, 7) is 4.04. The van der Waals surface area contributed by atoms with Crippen molar-refractivity contribution in [2.24, 2.45) is 0 Å². The highest BCUT2D eigenvalue weighted by molar-refractivity contribution is 7.89. The molecular formula is C13H22N2O3S. The van der Waals surface area contributed by atoms with Crippen LogP contribution in [-0.4, -0.2) is 47.8 Å². The number of aromatic nitrogens is 1. The van der Waals surface area contributed by atoms with Crippen molar-refractivity contribution in [3.8, 4) is 0 Å². The highest BCUT2D eigenvalue weighted by atomic mass is 32.2. The Hall–Kier alpha value is -0.980. The van der Waals surface area contributed by atoms with Crippen LogP contribution < -0.4 is 0 Å². The normalized spacial score (nSPS) is 12.3. The van der Waals surface area contributed by atoms with E-state index >= 15 is 0 Å². The minimum Gasteiger partial charge on any atom is -0.396 e. The first kappa shape index (κ1) is 16.1. The maximum Gasteiger partial charge on any atom is 0.214 e. The molecule has 6 heteroatoms. The van der Waals surface area contributed by atoms with Crippen LogP contribution >= 0.6 is 0 Å². The molecule has 5 nitrogen and oxygen atoms in total. The molecule has 0 unspecified atom stereocenters. The number of hydrogen-bond donors (Lipinski definition) is 1. The summed E-state index contributed by atoms with van der Waals surface area (Å²) in [5.41, 5.74) is 0.775. The number of aryl methyl sites for hydroxylation is 1. The summed E-state index contributed by atoms with van der Waals surface area (Å²) in [6.07, 6.45) is 2.53. The Labute approximate surface area is 115 Å². The largest absolute Gasteiger partial charge is 0.396 e. The van der Waals surface area contributed by atoms with Gasteiger partial charge in [-0.25, -0.2) is 8.42 Å². The molecule has 0 aliphatic rings. The van der Waals surface area contributed by atoms with Crippen LogP contribution in [0.25, 0.3) is 0 Å². The second-order valence-electron chi connectivity index (χ2n) is 4.67. The van der Waals surface area contributed by atoms with Crippen molar-refractivity contribution in [3.63, 3.8) is 0 Å².